The van der Waals surface area contributed by atoms with E-state index in [2.05, 4.69) is 10.6 Å². The number of hydrogen-bond donors (Lipinski definition) is 2. The van der Waals surface area contributed by atoms with E-state index < -0.39 is 0 Å². The first-order chi connectivity index (χ1) is 7.27. The number of rotatable bonds is 2. The molecule has 0 aromatic rings. The summed E-state index contributed by atoms with van der Waals surface area (Å²) in [5.74, 6) is 0.0316. The zero-order valence-electron chi connectivity index (χ0n) is 8.92. The van der Waals surface area contributed by atoms with Crippen molar-refractivity contribution in [1.29, 1.82) is 0 Å². The van der Waals surface area contributed by atoms with Gasteiger partial charge < -0.3 is 5.32 Å². The van der Waals surface area contributed by atoms with Crippen LogP contribution >= 0.6 is 0 Å². The molecule has 0 spiro atoms. The molecule has 0 unspecified atom stereocenters. The summed E-state index contributed by atoms with van der Waals surface area (Å²) in [6.45, 7) is 1.77. The van der Waals surface area contributed by atoms with E-state index >= 15 is 0 Å². The lowest BCUT2D eigenvalue weighted by molar-refractivity contribution is -0.136. The second-order valence-electron chi connectivity index (χ2n) is 4.51. The van der Waals surface area contributed by atoms with Crippen LogP contribution in [-0.2, 0) is 9.59 Å². The van der Waals surface area contributed by atoms with Crippen molar-refractivity contribution in [2.75, 3.05) is 13.1 Å². The molecule has 1 aliphatic heterocycles. The number of carbonyl (C=O) groups excluding carboxylic acids is 2. The Bertz CT molecular complexity index is 255. The topological polar surface area (TPSA) is 58.2 Å². The highest BCUT2D eigenvalue weighted by atomic mass is 16.2. The van der Waals surface area contributed by atoms with Crippen molar-refractivity contribution in [2.24, 2.45) is 11.8 Å². The van der Waals surface area contributed by atoms with Crippen molar-refractivity contribution in [3.8, 4) is 0 Å². The first-order valence-electron chi connectivity index (χ1n) is 5.83. The Labute approximate surface area is 89.8 Å². The molecular weight excluding hydrogens is 192 g/mol. The minimum Gasteiger partial charge on any atom is -0.317 e. The Morgan fingerprint density at radius 2 is 1.47 bits per heavy atom. The lowest BCUT2D eigenvalue weighted by Gasteiger charge is -2.26. The molecule has 0 atom stereocenters. The van der Waals surface area contributed by atoms with E-state index in [9.17, 15) is 9.59 Å². The number of piperidine rings is 1. The van der Waals surface area contributed by atoms with Crippen LogP contribution in [0.15, 0.2) is 0 Å². The van der Waals surface area contributed by atoms with Gasteiger partial charge in [-0.05, 0) is 38.8 Å². The molecule has 2 aliphatic rings. The van der Waals surface area contributed by atoms with Gasteiger partial charge >= 0.3 is 0 Å². The monoisotopic (exact) mass is 210 g/mol. The van der Waals surface area contributed by atoms with Gasteiger partial charge in [0, 0.05) is 11.8 Å². The fourth-order valence-corrected chi connectivity index (χ4v) is 2.08. The van der Waals surface area contributed by atoms with Gasteiger partial charge in [0.2, 0.25) is 11.8 Å². The standard InChI is InChI=1S/C11H18N2O2/c14-10(8-2-1-3-8)13-11(15)9-4-6-12-7-5-9/h8-9,12H,1-7H2,(H,13,14,15). The maximum absolute atomic E-state index is 11.7. The molecule has 1 saturated carbocycles. The molecule has 2 N–H and O–H groups in total. The van der Waals surface area contributed by atoms with E-state index in [1.807, 2.05) is 0 Å². The van der Waals surface area contributed by atoms with Crippen LogP contribution in [0.25, 0.3) is 0 Å². The first-order valence-corrected chi connectivity index (χ1v) is 5.83. The van der Waals surface area contributed by atoms with Crippen molar-refractivity contribution < 1.29 is 9.59 Å². The highest BCUT2D eigenvalue weighted by molar-refractivity contribution is 5.97. The van der Waals surface area contributed by atoms with Crippen LogP contribution in [0.2, 0.25) is 0 Å². The molecule has 2 fully saturated rings. The van der Waals surface area contributed by atoms with E-state index in [1.165, 1.54) is 0 Å². The third kappa shape index (κ3) is 2.56. The second kappa shape index (κ2) is 4.75. The van der Waals surface area contributed by atoms with Gasteiger partial charge in [-0.25, -0.2) is 0 Å². The predicted octanol–water partition coefficient (Wildman–Crippen LogP) is 0.429. The predicted molar refractivity (Wildman–Crippen MR) is 56.1 cm³/mol. The minimum atomic E-state index is -0.0617. The fourth-order valence-electron chi connectivity index (χ4n) is 2.08. The highest BCUT2D eigenvalue weighted by Gasteiger charge is 2.29. The molecular formula is C11H18N2O2. The number of carbonyl (C=O) groups is 2. The third-order valence-corrected chi connectivity index (χ3v) is 3.43. The normalized spacial score (nSPS) is 23.2. The van der Waals surface area contributed by atoms with Gasteiger partial charge in [0.05, 0.1) is 0 Å². The largest absolute Gasteiger partial charge is 0.317 e. The molecule has 0 radical (unpaired) electrons. The molecule has 84 valence electrons. The summed E-state index contributed by atoms with van der Waals surface area (Å²) in [5, 5.41) is 5.75. The van der Waals surface area contributed by atoms with Crippen molar-refractivity contribution in [3.63, 3.8) is 0 Å². The zero-order chi connectivity index (χ0) is 10.7. The highest BCUT2D eigenvalue weighted by Crippen LogP contribution is 2.26. The summed E-state index contributed by atoms with van der Waals surface area (Å²) in [4.78, 5) is 23.2. The zero-order valence-corrected chi connectivity index (χ0v) is 8.92. The summed E-state index contributed by atoms with van der Waals surface area (Å²) in [7, 11) is 0. The van der Waals surface area contributed by atoms with E-state index in [0.29, 0.717) is 0 Å². The van der Waals surface area contributed by atoms with E-state index in [1.54, 1.807) is 0 Å². The molecule has 4 nitrogen and oxygen atoms in total. The van der Waals surface area contributed by atoms with E-state index in [-0.39, 0.29) is 23.7 Å². The molecule has 2 rings (SSSR count). The van der Waals surface area contributed by atoms with Gasteiger partial charge in [-0.2, -0.15) is 0 Å². The molecule has 0 aromatic heterocycles. The molecule has 15 heavy (non-hydrogen) atoms. The Kier molecular flexibility index (Phi) is 3.36. The lowest BCUT2D eigenvalue weighted by atomic mass is 9.84. The minimum absolute atomic E-state index is 0.0373. The molecule has 1 saturated heterocycles. The lowest BCUT2D eigenvalue weighted by Crippen LogP contribution is -2.44. The van der Waals surface area contributed by atoms with E-state index in [4.69, 9.17) is 0 Å². The van der Waals surface area contributed by atoms with Crippen LogP contribution in [0, 0.1) is 11.8 Å². The van der Waals surface area contributed by atoms with Gasteiger partial charge in [0.15, 0.2) is 0 Å². The summed E-state index contributed by atoms with van der Waals surface area (Å²) in [6, 6.07) is 0. The van der Waals surface area contributed by atoms with Crippen LogP contribution in [0.4, 0.5) is 0 Å². The van der Waals surface area contributed by atoms with Crippen molar-refractivity contribution in [3.05, 3.63) is 0 Å². The maximum Gasteiger partial charge on any atom is 0.229 e. The van der Waals surface area contributed by atoms with E-state index in [0.717, 1.165) is 45.2 Å². The average molecular weight is 210 g/mol. The van der Waals surface area contributed by atoms with Crippen molar-refractivity contribution in [2.45, 2.75) is 32.1 Å². The van der Waals surface area contributed by atoms with Gasteiger partial charge in [-0.1, -0.05) is 6.42 Å². The Morgan fingerprint density at radius 1 is 0.933 bits per heavy atom. The number of nitrogens with one attached hydrogen (secondary N) is 2. The smallest absolute Gasteiger partial charge is 0.229 e. The molecule has 0 aromatic carbocycles. The third-order valence-electron chi connectivity index (χ3n) is 3.43. The molecule has 0 bridgehead atoms. The Morgan fingerprint density at radius 3 is 1.93 bits per heavy atom. The van der Waals surface area contributed by atoms with Gasteiger partial charge in [-0.3, -0.25) is 14.9 Å². The number of amides is 2. The molecule has 1 aliphatic carbocycles. The summed E-state index contributed by atoms with van der Waals surface area (Å²) in [6.07, 6.45) is 4.73. The van der Waals surface area contributed by atoms with Crippen LogP contribution < -0.4 is 10.6 Å². The van der Waals surface area contributed by atoms with Gasteiger partial charge in [-0.15, -0.1) is 0 Å². The summed E-state index contributed by atoms with van der Waals surface area (Å²) < 4.78 is 0. The summed E-state index contributed by atoms with van der Waals surface area (Å²) >= 11 is 0. The number of imide groups is 1. The number of hydrogen-bond acceptors (Lipinski definition) is 3. The molecule has 1 heterocycles. The van der Waals surface area contributed by atoms with Crippen LogP contribution in [-0.4, -0.2) is 24.9 Å². The van der Waals surface area contributed by atoms with Crippen LogP contribution in [0.5, 0.6) is 0 Å². The summed E-state index contributed by atoms with van der Waals surface area (Å²) in [5.41, 5.74) is 0. The average Bonchev–Trinajstić information content (AvgIpc) is 2.16. The van der Waals surface area contributed by atoms with Crippen LogP contribution in [0.1, 0.15) is 32.1 Å². The second-order valence-corrected chi connectivity index (χ2v) is 4.51. The molecule has 4 heteroatoms. The SMILES string of the molecule is O=C(NC(=O)C1CCNCC1)C1CCC1. The maximum atomic E-state index is 11.7. The quantitative estimate of drug-likeness (QED) is 0.650. The fraction of sp³-hybridized carbons (Fsp3) is 0.818. The van der Waals surface area contributed by atoms with Crippen molar-refractivity contribution in [1.82, 2.24) is 10.6 Å². The van der Waals surface area contributed by atoms with Crippen molar-refractivity contribution >= 4 is 11.8 Å². The Balaban J connectivity index is 1.77. The van der Waals surface area contributed by atoms with Crippen LogP contribution in [0.3, 0.4) is 0 Å². The van der Waals surface area contributed by atoms with Gasteiger partial charge in [0.1, 0.15) is 0 Å². The molecule has 2 amide bonds. The van der Waals surface area contributed by atoms with Gasteiger partial charge in [0.25, 0.3) is 0 Å². The first kappa shape index (κ1) is 10.6. The Hall–Kier alpha value is -0.900.